The van der Waals surface area contributed by atoms with Crippen molar-refractivity contribution in [1.29, 1.82) is 0 Å². The summed E-state index contributed by atoms with van der Waals surface area (Å²) in [5, 5.41) is 0. The van der Waals surface area contributed by atoms with Crippen LogP contribution in [0.3, 0.4) is 0 Å². The summed E-state index contributed by atoms with van der Waals surface area (Å²) in [6.07, 6.45) is -0.947. The molecule has 4 heteroatoms. The van der Waals surface area contributed by atoms with Gasteiger partial charge in [-0.25, -0.2) is 0 Å². The number of halogens is 3. The number of alkyl halides is 3. The number of H-pyrrole nitrogens is 1. The highest BCUT2D eigenvalue weighted by molar-refractivity contribution is 5.63. The highest BCUT2D eigenvalue weighted by Gasteiger charge is 2.30. The first-order chi connectivity index (χ1) is 7.07. The second-order valence-electron chi connectivity index (χ2n) is 3.18. The normalized spacial score (nSPS) is 11.7. The average Bonchev–Trinajstić information content (AvgIpc) is 2.69. The van der Waals surface area contributed by atoms with E-state index in [-0.39, 0.29) is 0 Å². The van der Waals surface area contributed by atoms with E-state index < -0.39 is 11.7 Å². The van der Waals surface area contributed by atoms with Gasteiger partial charge in [-0.2, -0.15) is 13.2 Å². The number of hydrogen-bond donors (Lipinski definition) is 1. The zero-order valence-electron chi connectivity index (χ0n) is 7.68. The summed E-state index contributed by atoms with van der Waals surface area (Å²) in [7, 11) is 0. The van der Waals surface area contributed by atoms with Crippen LogP contribution in [0.5, 0.6) is 0 Å². The van der Waals surface area contributed by atoms with Gasteiger partial charge in [0, 0.05) is 12.4 Å². The third-order valence-electron chi connectivity index (χ3n) is 2.12. The van der Waals surface area contributed by atoms with Gasteiger partial charge in [0.15, 0.2) is 0 Å². The lowest BCUT2D eigenvalue weighted by Gasteiger charge is -2.07. The predicted octanol–water partition coefficient (Wildman–Crippen LogP) is 3.70. The van der Waals surface area contributed by atoms with Crippen molar-refractivity contribution >= 4 is 0 Å². The minimum atomic E-state index is -4.29. The van der Waals surface area contributed by atoms with Crippen LogP contribution in [0.25, 0.3) is 11.1 Å². The van der Waals surface area contributed by atoms with Crippen molar-refractivity contribution in [2.24, 2.45) is 0 Å². The Kier molecular flexibility index (Phi) is 2.26. The van der Waals surface area contributed by atoms with Crippen LogP contribution in [0.15, 0.2) is 42.7 Å². The van der Waals surface area contributed by atoms with Crippen LogP contribution in [-0.2, 0) is 6.18 Å². The molecule has 0 spiro atoms. The predicted molar refractivity (Wildman–Crippen MR) is 51.2 cm³/mol. The molecule has 2 rings (SSSR count). The van der Waals surface area contributed by atoms with E-state index in [0.717, 1.165) is 17.7 Å². The Balaban J connectivity index is 2.44. The van der Waals surface area contributed by atoms with Crippen molar-refractivity contribution < 1.29 is 13.2 Å². The lowest BCUT2D eigenvalue weighted by molar-refractivity contribution is -0.137. The summed E-state index contributed by atoms with van der Waals surface area (Å²) < 4.78 is 37.2. The molecular weight excluding hydrogens is 203 g/mol. The van der Waals surface area contributed by atoms with Gasteiger partial charge in [-0.05, 0) is 29.3 Å². The lowest BCUT2D eigenvalue weighted by atomic mass is 10.1. The van der Waals surface area contributed by atoms with Gasteiger partial charge < -0.3 is 4.98 Å². The molecule has 0 bridgehead atoms. The van der Waals surface area contributed by atoms with Crippen LogP contribution < -0.4 is 0 Å². The van der Waals surface area contributed by atoms with E-state index in [0.29, 0.717) is 5.56 Å². The summed E-state index contributed by atoms with van der Waals surface area (Å²) >= 11 is 0. The maximum atomic E-state index is 12.4. The van der Waals surface area contributed by atoms with Crippen molar-refractivity contribution in [2.45, 2.75) is 6.18 Å². The quantitative estimate of drug-likeness (QED) is 0.740. The zero-order valence-corrected chi connectivity index (χ0v) is 7.68. The molecule has 0 aliphatic rings. The number of rotatable bonds is 1. The van der Waals surface area contributed by atoms with Gasteiger partial charge in [-0.1, -0.05) is 12.1 Å². The molecule has 0 aliphatic carbocycles. The van der Waals surface area contributed by atoms with Gasteiger partial charge in [0.1, 0.15) is 0 Å². The topological polar surface area (TPSA) is 15.8 Å². The molecule has 1 aromatic carbocycles. The highest BCUT2D eigenvalue weighted by Crippen LogP contribution is 2.31. The third kappa shape index (κ3) is 2.03. The Morgan fingerprint density at radius 2 is 1.80 bits per heavy atom. The Hall–Kier alpha value is -1.71. The molecule has 0 saturated heterocycles. The van der Waals surface area contributed by atoms with E-state index in [2.05, 4.69) is 4.98 Å². The van der Waals surface area contributed by atoms with E-state index in [9.17, 15) is 13.2 Å². The number of nitrogens with one attached hydrogen (secondary N) is 1. The molecule has 78 valence electrons. The van der Waals surface area contributed by atoms with Gasteiger partial charge in [-0.15, -0.1) is 0 Å². The molecular formula is C11H8F3N. The lowest BCUT2D eigenvalue weighted by Crippen LogP contribution is -2.04. The minimum Gasteiger partial charge on any atom is -0.367 e. The van der Waals surface area contributed by atoms with E-state index >= 15 is 0 Å². The van der Waals surface area contributed by atoms with Crippen molar-refractivity contribution in [2.75, 3.05) is 0 Å². The maximum Gasteiger partial charge on any atom is 0.416 e. The smallest absolute Gasteiger partial charge is 0.367 e. The zero-order chi connectivity index (χ0) is 10.9. The molecule has 15 heavy (non-hydrogen) atoms. The van der Waals surface area contributed by atoms with E-state index in [4.69, 9.17) is 0 Å². The summed E-state index contributed by atoms with van der Waals surface area (Å²) in [6.45, 7) is 0. The van der Waals surface area contributed by atoms with Gasteiger partial charge in [0.25, 0.3) is 0 Å². The number of aromatic nitrogens is 1. The van der Waals surface area contributed by atoms with Crippen molar-refractivity contribution in [3.05, 3.63) is 48.3 Å². The molecule has 0 fully saturated rings. The van der Waals surface area contributed by atoms with Crippen molar-refractivity contribution in [1.82, 2.24) is 4.98 Å². The Bertz CT molecular complexity index is 443. The Labute approximate surface area is 84.6 Å². The fraction of sp³-hybridized carbons (Fsp3) is 0.0909. The Morgan fingerprint density at radius 1 is 1.00 bits per heavy atom. The fourth-order valence-electron chi connectivity index (χ4n) is 1.38. The van der Waals surface area contributed by atoms with Crippen LogP contribution in [0, 0.1) is 0 Å². The summed E-state index contributed by atoms with van der Waals surface area (Å²) in [5.74, 6) is 0. The summed E-state index contributed by atoms with van der Waals surface area (Å²) in [4.78, 5) is 2.81. The average molecular weight is 211 g/mol. The first-order valence-corrected chi connectivity index (χ1v) is 4.38. The Morgan fingerprint density at radius 3 is 2.40 bits per heavy atom. The molecule has 0 amide bonds. The first-order valence-electron chi connectivity index (χ1n) is 4.38. The number of aromatic amines is 1. The van der Waals surface area contributed by atoms with Crippen LogP contribution >= 0.6 is 0 Å². The maximum absolute atomic E-state index is 12.4. The van der Waals surface area contributed by atoms with Crippen LogP contribution in [-0.4, -0.2) is 4.98 Å². The second kappa shape index (κ2) is 3.46. The fourth-order valence-corrected chi connectivity index (χ4v) is 1.38. The van der Waals surface area contributed by atoms with Gasteiger partial charge in [0.05, 0.1) is 5.56 Å². The molecule has 1 N–H and O–H groups in total. The van der Waals surface area contributed by atoms with E-state index in [1.807, 2.05) is 0 Å². The summed E-state index contributed by atoms with van der Waals surface area (Å²) in [5.41, 5.74) is 0.688. The van der Waals surface area contributed by atoms with E-state index in [1.54, 1.807) is 24.5 Å². The summed E-state index contributed by atoms with van der Waals surface area (Å²) in [6, 6.07) is 7.00. The molecule has 1 aromatic heterocycles. The minimum absolute atomic E-state index is 0.561. The van der Waals surface area contributed by atoms with Crippen molar-refractivity contribution in [3.63, 3.8) is 0 Å². The van der Waals surface area contributed by atoms with Crippen LogP contribution in [0.4, 0.5) is 13.2 Å². The van der Waals surface area contributed by atoms with E-state index in [1.165, 1.54) is 6.07 Å². The third-order valence-corrected chi connectivity index (χ3v) is 2.12. The second-order valence-corrected chi connectivity index (χ2v) is 3.18. The van der Waals surface area contributed by atoms with Crippen molar-refractivity contribution in [3.8, 4) is 11.1 Å². The molecule has 0 unspecified atom stereocenters. The molecule has 0 atom stereocenters. The van der Waals surface area contributed by atoms with Crippen LogP contribution in [0.2, 0.25) is 0 Å². The molecule has 1 heterocycles. The number of hydrogen-bond acceptors (Lipinski definition) is 0. The largest absolute Gasteiger partial charge is 0.416 e. The van der Waals surface area contributed by atoms with Gasteiger partial charge >= 0.3 is 6.18 Å². The molecule has 1 nitrogen and oxygen atoms in total. The number of benzene rings is 1. The molecule has 2 aromatic rings. The van der Waals surface area contributed by atoms with Gasteiger partial charge in [-0.3, -0.25) is 0 Å². The van der Waals surface area contributed by atoms with Gasteiger partial charge in [0.2, 0.25) is 0 Å². The standard InChI is InChI=1S/C11H8F3N/c12-11(13,14)10-3-1-2-8(6-10)9-4-5-15-7-9/h1-7,15H. The first kappa shape index (κ1) is 9.83. The van der Waals surface area contributed by atoms with Crippen LogP contribution in [0.1, 0.15) is 5.56 Å². The SMILES string of the molecule is FC(F)(F)c1cccc(-c2cc[nH]c2)c1. The molecule has 0 saturated carbocycles. The molecule has 0 aliphatic heterocycles. The highest BCUT2D eigenvalue weighted by atomic mass is 19.4. The molecule has 0 radical (unpaired) electrons. The monoisotopic (exact) mass is 211 g/mol.